The molecule has 1 nitrogen and oxygen atoms in total. The second-order valence-electron chi connectivity index (χ2n) is 4.09. The van der Waals surface area contributed by atoms with Crippen LogP contribution >= 0.6 is 0 Å². The molecule has 0 fully saturated rings. The van der Waals surface area contributed by atoms with Crippen LogP contribution in [-0.2, 0) is 6.42 Å². The maximum atomic E-state index is 4.54. The standard InChI is InChI=1S/C15H13N/c1-3-7-12(8-4-1)11-14-15(16-14)13-9-5-2-6-10-13/h1-10,14H,11H2. The van der Waals surface area contributed by atoms with E-state index in [0.29, 0.717) is 6.04 Å². The minimum absolute atomic E-state index is 0.407. The van der Waals surface area contributed by atoms with E-state index in [0.717, 1.165) is 6.42 Å². The fraction of sp³-hybridized carbons (Fsp3) is 0.133. The zero-order valence-electron chi connectivity index (χ0n) is 9.01. The van der Waals surface area contributed by atoms with Crippen molar-refractivity contribution in [2.45, 2.75) is 12.5 Å². The number of aliphatic imine (C=N–C) groups is 1. The molecule has 0 aliphatic carbocycles. The molecule has 0 aromatic heterocycles. The van der Waals surface area contributed by atoms with Crippen molar-refractivity contribution in [2.24, 2.45) is 4.99 Å². The zero-order valence-corrected chi connectivity index (χ0v) is 9.01. The molecule has 2 aromatic rings. The first-order valence-corrected chi connectivity index (χ1v) is 5.60. The Morgan fingerprint density at radius 3 is 2.12 bits per heavy atom. The molecule has 2 aromatic carbocycles. The summed E-state index contributed by atoms with van der Waals surface area (Å²) < 4.78 is 0. The molecule has 1 aliphatic rings. The number of nitrogens with zero attached hydrogens (tertiary/aromatic N) is 1. The van der Waals surface area contributed by atoms with Crippen LogP contribution in [0.5, 0.6) is 0 Å². The molecule has 78 valence electrons. The third-order valence-electron chi connectivity index (χ3n) is 2.88. The smallest absolute Gasteiger partial charge is 0.0966 e. The van der Waals surface area contributed by atoms with E-state index >= 15 is 0 Å². The fourth-order valence-corrected chi connectivity index (χ4v) is 1.99. The lowest BCUT2D eigenvalue weighted by Crippen LogP contribution is -2.02. The van der Waals surface area contributed by atoms with Crippen molar-refractivity contribution in [1.29, 1.82) is 0 Å². The van der Waals surface area contributed by atoms with Crippen molar-refractivity contribution in [3.63, 3.8) is 0 Å². The van der Waals surface area contributed by atoms with Gasteiger partial charge in [0, 0.05) is 6.42 Å². The quantitative estimate of drug-likeness (QED) is 0.733. The number of hydrogen-bond acceptors (Lipinski definition) is 1. The van der Waals surface area contributed by atoms with Gasteiger partial charge in [-0.1, -0.05) is 60.7 Å². The lowest BCUT2D eigenvalue weighted by Gasteiger charge is -1.98. The van der Waals surface area contributed by atoms with E-state index in [9.17, 15) is 0 Å². The monoisotopic (exact) mass is 207 g/mol. The summed E-state index contributed by atoms with van der Waals surface area (Å²) in [6.07, 6.45) is 1.03. The predicted molar refractivity (Wildman–Crippen MR) is 66.9 cm³/mol. The Morgan fingerprint density at radius 2 is 1.44 bits per heavy atom. The summed E-state index contributed by atoms with van der Waals surface area (Å²) in [6.45, 7) is 0. The fourth-order valence-electron chi connectivity index (χ4n) is 1.99. The van der Waals surface area contributed by atoms with Gasteiger partial charge in [0.25, 0.3) is 0 Å². The van der Waals surface area contributed by atoms with Crippen LogP contribution in [0.1, 0.15) is 11.1 Å². The van der Waals surface area contributed by atoms with E-state index in [1.807, 2.05) is 6.07 Å². The van der Waals surface area contributed by atoms with Crippen molar-refractivity contribution in [2.75, 3.05) is 0 Å². The van der Waals surface area contributed by atoms with E-state index in [4.69, 9.17) is 0 Å². The summed E-state index contributed by atoms with van der Waals surface area (Å²) in [7, 11) is 0. The van der Waals surface area contributed by atoms with Crippen LogP contribution in [-0.4, -0.2) is 11.8 Å². The van der Waals surface area contributed by atoms with Gasteiger partial charge in [-0.25, -0.2) is 0 Å². The third-order valence-corrected chi connectivity index (χ3v) is 2.88. The predicted octanol–water partition coefficient (Wildman–Crippen LogP) is 3.10. The molecule has 1 atom stereocenters. The van der Waals surface area contributed by atoms with Crippen molar-refractivity contribution in [3.05, 3.63) is 71.8 Å². The van der Waals surface area contributed by atoms with Crippen molar-refractivity contribution in [3.8, 4) is 0 Å². The van der Waals surface area contributed by atoms with Gasteiger partial charge in [0.05, 0.1) is 11.8 Å². The Hall–Kier alpha value is -1.89. The lowest BCUT2D eigenvalue weighted by atomic mass is 10.0. The van der Waals surface area contributed by atoms with Gasteiger partial charge >= 0.3 is 0 Å². The summed E-state index contributed by atoms with van der Waals surface area (Å²) >= 11 is 0. The largest absolute Gasteiger partial charge is 0.277 e. The Kier molecular flexibility index (Phi) is 2.30. The second kappa shape index (κ2) is 3.93. The van der Waals surface area contributed by atoms with E-state index in [2.05, 4.69) is 59.6 Å². The molecule has 16 heavy (non-hydrogen) atoms. The van der Waals surface area contributed by atoms with Gasteiger partial charge in [0.2, 0.25) is 0 Å². The highest BCUT2D eigenvalue weighted by Crippen LogP contribution is 2.23. The molecule has 3 rings (SSSR count). The molecule has 0 N–H and O–H groups in total. The SMILES string of the molecule is c1ccc(CC2N=C2c2ccccc2)cc1. The highest BCUT2D eigenvalue weighted by molar-refractivity contribution is 6.13. The van der Waals surface area contributed by atoms with Gasteiger partial charge < -0.3 is 0 Å². The average molecular weight is 207 g/mol. The van der Waals surface area contributed by atoms with Gasteiger partial charge in [-0.15, -0.1) is 0 Å². The molecule has 0 radical (unpaired) electrons. The van der Waals surface area contributed by atoms with E-state index in [1.165, 1.54) is 16.8 Å². The summed E-state index contributed by atoms with van der Waals surface area (Å²) in [5.41, 5.74) is 3.88. The first-order valence-electron chi connectivity index (χ1n) is 5.60. The molecule has 1 heterocycles. The second-order valence-corrected chi connectivity index (χ2v) is 4.09. The normalized spacial score (nSPS) is 18.0. The maximum Gasteiger partial charge on any atom is 0.0966 e. The van der Waals surface area contributed by atoms with Crippen LogP contribution in [0, 0.1) is 0 Å². The van der Waals surface area contributed by atoms with Crippen molar-refractivity contribution >= 4 is 5.71 Å². The van der Waals surface area contributed by atoms with Gasteiger partial charge in [0.15, 0.2) is 0 Å². The number of hydrogen-bond donors (Lipinski definition) is 0. The molecule has 0 spiro atoms. The molecule has 0 bridgehead atoms. The Morgan fingerprint density at radius 1 is 0.812 bits per heavy atom. The van der Waals surface area contributed by atoms with Crippen LogP contribution < -0.4 is 0 Å². The van der Waals surface area contributed by atoms with Crippen LogP contribution in [0.2, 0.25) is 0 Å². The molecule has 1 aliphatic heterocycles. The summed E-state index contributed by atoms with van der Waals surface area (Å²) in [4.78, 5) is 4.54. The Balaban J connectivity index is 1.67. The van der Waals surface area contributed by atoms with Crippen LogP contribution in [0.15, 0.2) is 65.7 Å². The molecule has 1 unspecified atom stereocenters. The first kappa shape index (κ1) is 9.34. The van der Waals surface area contributed by atoms with E-state index in [-0.39, 0.29) is 0 Å². The van der Waals surface area contributed by atoms with Crippen molar-refractivity contribution < 1.29 is 0 Å². The minimum atomic E-state index is 0.407. The maximum absolute atomic E-state index is 4.54. The zero-order chi connectivity index (χ0) is 10.8. The molecular formula is C15H13N. The van der Waals surface area contributed by atoms with Crippen LogP contribution in [0.4, 0.5) is 0 Å². The van der Waals surface area contributed by atoms with Crippen LogP contribution in [0.3, 0.4) is 0 Å². The van der Waals surface area contributed by atoms with Gasteiger partial charge in [-0.05, 0) is 11.1 Å². The molecule has 0 saturated carbocycles. The highest BCUT2D eigenvalue weighted by Gasteiger charge is 2.28. The Labute approximate surface area is 95.5 Å². The molecule has 0 saturated heterocycles. The van der Waals surface area contributed by atoms with E-state index < -0.39 is 0 Å². The van der Waals surface area contributed by atoms with Crippen LogP contribution in [0.25, 0.3) is 0 Å². The molecular weight excluding hydrogens is 194 g/mol. The van der Waals surface area contributed by atoms with E-state index in [1.54, 1.807) is 0 Å². The highest BCUT2D eigenvalue weighted by atomic mass is 15.0. The molecule has 0 amide bonds. The number of rotatable bonds is 3. The summed E-state index contributed by atoms with van der Waals surface area (Å²) in [5.74, 6) is 0. The third kappa shape index (κ3) is 1.89. The van der Waals surface area contributed by atoms with Crippen molar-refractivity contribution in [1.82, 2.24) is 0 Å². The number of benzene rings is 2. The van der Waals surface area contributed by atoms with Gasteiger partial charge in [-0.3, -0.25) is 4.99 Å². The minimum Gasteiger partial charge on any atom is -0.277 e. The first-order chi connectivity index (χ1) is 7.93. The lowest BCUT2D eigenvalue weighted by molar-refractivity contribution is 0.962. The summed E-state index contributed by atoms with van der Waals surface area (Å²) in [6, 6.07) is 21.4. The average Bonchev–Trinajstić information content (AvgIpc) is 3.11. The topological polar surface area (TPSA) is 12.4 Å². The summed E-state index contributed by atoms with van der Waals surface area (Å²) in [5, 5.41) is 0. The van der Waals surface area contributed by atoms with Gasteiger partial charge in [0.1, 0.15) is 0 Å². The van der Waals surface area contributed by atoms with Gasteiger partial charge in [-0.2, -0.15) is 0 Å². The molecule has 1 heteroatoms. The Bertz CT molecular complexity index is 499.